The van der Waals surface area contributed by atoms with Crippen LogP contribution in [0, 0.1) is 0 Å². The van der Waals surface area contributed by atoms with Gasteiger partial charge < -0.3 is 8.92 Å². The Morgan fingerprint density at radius 1 is 1.06 bits per heavy atom. The lowest BCUT2D eigenvalue weighted by Crippen LogP contribution is -2.55. The van der Waals surface area contributed by atoms with E-state index in [0.29, 0.717) is 6.07 Å². The number of Topliss-reactive ketones (excluding diaryl/α,β-unsaturated/α-hetero) is 1. The Morgan fingerprint density at radius 2 is 1.64 bits per heavy atom. The zero-order valence-electron chi connectivity index (χ0n) is 16.6. The molecule has 186 valence electrons. The minimum atomic E-state index is -6.27. The van der Waals surface area contributed by atoms with E-state index in [4.69, 9.17) is 0 Å². The maximum Gasteiger partial charge on any atom is 0.534 e. The van der Waals surface area contributed by atoms with E-state index in [-0.39, 0.29) is 9.87 Å². The SMILES string of the molecule is COC(=O)[C@@H]1Cc2ccc(OS(=O)(=O)C(F)(F)F)cc2[C@@H](CC(C)=O)N1S(=O)(=O)C(F)(F)F. The van der Waals surface area contributed by atoms with E-state index in [9.17, 15) is 52.8 Å². The van der Waals surface area contributed by atoms with Gasteiger partial charge >= 0.3 is 37.1 Å². The van der Waals surface area contributed by atoms with Gasteiger partial charge in [-0.2, -0.15) is 39.1 Å². The first-order valence-electron chi connectivity index (χ1n) is 8.64. The topological polar surface area (TPSA) is 124 Å². The summed E-state index contributed by atoms with van der Waals surface area (Å²) in [4.78, 5) is 23.9. The summed E-state index contributed by atoms with van der Waals surface area (Å²) in [5, 5.41) is 0. The number of rotatable bonds is 6. The van der Waals surface area contributed by atoms with Crippen LogP contribution in [0.5, 0.6) is 5.75 Å². The zero-order chi connectivity index (χ0) is 25.6. The van der Waals surface area contributed by atoms with Crippen LogP contribution >= 0.6 is 0 Å². The fraction of sp³-hybridized carbons (Fsp3) is 0.500. The maximum absolute atomic E-state index is 13.4. The van der Waals surface area contributed by atoms with Crippen LogP contribution in [-0.4, -0.2) is 57.1 Å². The molecule has 0 aliphatic carbocycles. The third kappa shape index (κ3) is 5.24. The van der Waals surface area contributed by atoms with Gasteiger partial charge in [-0.05, 0) is 30.2 Å². The zero-order valence-corrected chi connectivity index (χ0v) is 18.2. The number of carbonyl (C=O) groups excluding carboxylic acids is 2. The molecule has 17 heteroatoms. The summed E-state index contributed by atoms with van der Waals surface area (Å²) in [6.45, 7) is 0.897. The first-order chi connectivity index (χ1) is 14.8. The molecule has 0 spiro atoms. The predicted octanol–water partition coefficient (Wildman–Crippen LogP) is 2.18. The summed E-state index contributed by atoms with van der Waals surface area (Å²) in [7, 11) is -11.6. The van der Waals surface area contributed by atoms with Gasteiger partial charge in [0.1, 0.15) is 17.6 Å². The Kier molecular flexibility index (Phi) is 7.12. The summed E-state index contributed by atoms with van der Waals surface area (Å²) in [6, 6.07) is -1.85. The number of carbonyl (C=O) groups is 2. The largest absolute Gasteiger partial charge is 0.534 e. The number of methoxy groups -OCH3 is 1. The van der Waals surface area contributed by atoms with Gasteiger partial charge in [-0.15, -0.1) is 0 Å². The van der Waals surface area contributed by atoms with Crippen molar-refractivity contribution in [2.45, 2.75) is 42.9 Å². The average Bonchev–Trinajstić information content (AvgIpc) is 2.64. The Labute approximate surface area is 183 Å². The molecule has 9 nitrogen and oxygen atoms in total. The van der Waals surface area contributed by atoms with Crippen LogP contribution in [-0.2, 0) is 40.9 Å². The molecule has 1 aliphatic rings. The number of fused-ring (bicyclic) bond motifs is 1. The van der Waals surface area contributed by atoms with Crippen molar-refractivity contribution < 1.29 is 61.7 Å². The van der Waals surface area contributed by atoms with E-state index in [1.165, 1.54) is 0 Å². The van der Waals surface area contributed by atoms with E-state index in [1.807, 2.05) is 0 Å². The third-order valence-electron chi connectivity index (χ3n) is 4.52. The molecule has 0 bridgehead atoms. The second kappa shape index (κ2) is 8.75. The van der Waals surface area contributed by atoms with E-state index in [2.05, 4.69) is 8.92 Å². The number of sulfonamides is 1. The molecule has 33 heavy (non-hydrogen) atoms. The number of benzene rings is 1. The molecule has 2 atom stereocenters. The summed E-state index contributed by atoms with van der Waals surface area (Å²) in [5.74, 6) is -3.23. The number of halogens is 6. The molecule has 1 heterocycles. The summed E-state index contributed by atoms with van der Waals surface area (Å²) in [5.41, 5.74) is -12.2. The minimum Gasteiger partial charge on any atom is -0.468 e. The molecule has 0 saturated heterocycles. The molecule has 0 unspecified atom stereocenters. The van der Waals surface area contributed by atoms with Crippen LogP contribution in [0.25, 0.3) is 0 Å². The van der Waals surface area contributed by atoms with Crippen LogP contribution in [0.2, 0.25) is 0 Å². The van der Waals surface area contributed by atoms with Crippen LogP contribution in [0.15, 0.2) is 18.2 Å². The molecule has 1 aromatic rings. The van der Waals surface area contributed by atoms with Crippen LogP contribution in [0.4, 0.5) is 26.3 Å². The van der Waals surface area contributed by atoms with E-state index >= 15 is 0 Å². The standard InChI is InChI=1S/C16H15F6NO8S2/c1-8(24)5-12-11-7-10(31-33(28,29)16(20,21)22)4-3-9(11)6-13(14(25)30-2)23(12)32(26,27)15(17,18)19/h3-4,7,12-13H,5-6H2,1-2H3/t12-,13+/m1/s1. The van der Waals surface area contributed by atoms with E-state index in [0.717, 1.165) is 26.2 Å². The van der Waals surface area contributed by atoms with Gasteiger partial charge in [0.2, 0.25) is 0 Å². The summed E-state index contributed by atoms with van der Waals surface area (Å²) >= 11 is 0. The van der Waals surface area contributed by atoms with Crippen LogP contribution < -0.4 is 4.18 Å². The summed E-state index contributed by atoms with van der Waals surface area (Å²) in [6.07, 6.45) is -1.64. The van der Waals surface area contributed by atoms with Crippen molar-refractivity contribution in [3.63, 3.8) is 0 Å². The molecule has 0 aromatic heterocycles. The first kappa shape index (κ1) is 26.8. The maximum atomic E-state index is 13.4. The number of nitrogens with zero attached hydrogens (tertiary/aromatic N) is 1. The molecular weight excluding hydrogens is 512 g/mol. The monoisotopic (exact) mass is 527 g/mol. The van der Waals surface area contributed by atoms with Gasteiger partial charge in [-0.1, -0.05) is 6.07 Å². The smallest absolute Gasteiger partial charge is 0.468 e. The van der Waals surface area contributed by atoms with Crippen LogP contribution in [0.1, 0.15) is 30.5 Å². The third-order valence-corrected chi connectivity index (χ3v) is 7.15. The van der Waals surface area contributed by atoms with Gasteiger partial charge in [0.05, 0.1) is 13.2 Å². The van der Waals surface area contributed by atoms with Crippen molar-refractivity contribution in [2.24, 2.45) is 0 Å². The van der Waals surface area contributed by atoms with Crippen molar-refractivity contribution in [1.29, 1.82) is 0 Å². The van der Waals surface area contributed by atoms with Crippen molar-refractivity contribution in [2.75, 3.05) is 7.11 Å². The van der Waals surface area contributed by atoms with Crippen molar-refractivity contribution in [3.05, 3.63) is 29.3 Å². The molecule has 0 saturated carbocycles. The molecule has 0 fully saturated rings. The lowest BCUT2D eigenvalue weighted by atomic mass is 9.87. The summed E-state index contributed by atoms with van der Waals surface area (Å²) < 4.78 is 133. The van der Waals surface area contributed by atoms with Crippen LogP contribution in [0.3, 0.4) is 0 Å². The molecule has 0 N–H and O–H groups in total. The molecule has 0 amide bonds. The van der Waals surface area contributed by atoms with Crippen molar-refractivity contribution in [3.8, 4) is 5.75 Å². The number of hydrogen-bond acceptors (Lipinski definition) is 8. The van der Waals surface area contributed by atoms with Gasteiger partial charge in [0.15, 0.2) is 0 Å². The first-order valence-corrected chi connectivity index (χ1v) is 11.5. The Balaban J connectivity index is 2.75. The normalized spacial score (nSPS) is 20.1. The molecule has 1 aliphatic heterocycles. The number of hydrogen-bond donors (Lipinski definition) is 0. The minimum absolute atomic E-state index is 0.0398. The molecular formula is C16H15F6NO8S2. The number of alkyl halides is 6. The Hall–Kier alpha value is -2.40. The van der Waals surface area contributed by atoms with Gasteiger partial charge in [-0.25, -0.2) is 8.42 Å². The van der Waals surface area contributed by atoms with Crippen molar-refractivity contribution >= 4 is 31.9 Å². The highest BCUT2D eigenvalue weighted by Gasteiger charge is 2.57. The lowest BCUT2D eigenvalue weighted by Gasteiger charge is -2.40. The highest BCUT2D eigenvalue weighted by atomic mass is 32.2. The number of ether oxygens (including phenoxy) is 1. The lowest BCUT2D eigenvalue weighted by molar-refractivity contribution is -0.147. The Morgan fingerprint density at radius 3 is 2.09 bits per heavy atom. The highest BCUT2D eigenvalue weighted by molar-refractivity contribution is 7.90. The fourth-order valence-electron chi connectivity index (χ4n) is 3.20. The van der Waals surface area contributed by atoms with Crippen molar-refractivity contribution in [1.82, 2.24) is 4.31 Å². The molecule has 0 radical (unpaired) electrons. The molecule has 1 aromatic carbocycles. The van der Waals surface area contributed by atoms with E-state index < -0.39 is 79.1 Å². The quantitative estimate of drug-likeness (QED) is 0.239. The van der Waals surface area contributed by atoms with Gasteiger partial charge in [-0.3, -0.25) is 9.59 Å². The van der Waals surface area contributed by atoms with Gasteiger partial charge in [0.25, 0.3) is 0 Å². The number of ketones is 1. The fourth-order valence-corrected chi connectivity index (χ4v) is 4.91. The number of esters is 1. The average molecular weight is 527 g/mol. The van der Waals surface area contributed by atoms with E-state index in [1.54, 1.807) is 0 Å². The predicted molar refractivity (Wildman–Crippen MR) is 96.4 cm³/mol. The highest BCUT2D eigenvalue weighted by Crippen LogP contribution is 2.43. The van der Waals surface area contributed by atoms with Gasteiger partial charge in [0, 0.05) is 12.8 Å². The second-order valence-corrected chi connectivity index (χ2v) is 10.2. The Bertz CT molecular complexity index is 1160. The molecule has 2 rings (SSSR count). The second-order valence-electron chi connectivity index (χ2n) is 6.79.